The minimum atomic E-state index is -1.12. The molecule has 69 heavy (non-hydrogen) atoms. The second kappa shape index (κ2) is 16.0. The van der Waals surface area contributed by atoms with Gasteiger partial charge < -0.3 is 0 Å². The Labute approximate surface area is 450 Å². The molecule has 0 aliphatic heterocycles. The van der Waals surface area contributed by atoms with Gasteiger partial charge in [-0.05, 0) is 88.2 Å². The number of rotatable bonds is 6. The number of benzene rings is 11. The number of aromatic nitrogens is 2. The lowest BCUT2D eigenvalue weighted by Crippen LogP contribution is -1.93. The third kappa shape index (κ3) is 6.32. The average Bonchev–Trinajstić information content (AvgIpc) is 1.66. The van der Waals surface area contributed by atoms with Crippen molar-refractivity contribution in [1.82, 2.24) is 9.97 Å². The van der Waals surface area contributed by atoms with E-state index in [1.165, 1.54) is 30.3 Å². The molecule has 0 saturated carbocycles. The van der Waals surface area contributed by atoms with Gasteiger partial charge in [0.15, 0.2) is 0 Å². The number of nitrogens with zero attached hydrogens (tertiary/aromatic N) is 2. The molecule has 0 aliphatic rings. The monoisotopic (exact) mass is 927 g/mol. The van der Waals surface area contributed by atoms with Crippen LogP contribution in [0.2, 0.25) is 0 Å². The molecule has 0 amide bonds. The van der Waals surface area contributed by atoms with Gasteiger partial charge in [-0.2, -0.15) is 0 Å². The van der Waals surface area contributed by atoms with Crippen molar-refractivity contribution in [2.75, 3.05) is 0 Å². The van der Waals surface area contributed by atoms with Crippen LogP contribution in [-0.4, -0.2) is 9.97 Å². The first-order chi connectivity index (χ1) is 48.4. The molecule has 0 aliphatic carbocycles. The first-order valence-electron chi connectivity index (χ1n) is 37.8. The molecule has 0 saturated heterocycles. The van der Waals surface area contributed by atoms with Gasteiger partial charge in [-0.15, -0.1) is 11.3 Å². The van der Waals surface area contributed by atoms with Crippen LogP contribution in [0.15, 0.2) is 242 Å². The fraction of sp³-hybridized carbons (Fsp3) is 0. The van der Waals surface area contributed by atoms with Crippen LogP contribution in [0.5, 0.6) is 0 Å². The van der Waals surface area contributed by atoms with Crippen LogP contribution in [0.1, 0.15) is 46.6 Å². The van der Waals surface area contributed by atoms with Gasteiger partial charge in [-0.3, -0.25) is 4.98 Å². The maximum absolute atomic E-state index is 10.7. The minimum absolute atomic E-state index is 0.0531. The van der Waals surface area contributed by atoms with Gasteiger partial charge in [0, 0.05) is 54.5 Å². The normalized spacial score (nSPS) is 18.7. The summed E-state index contributed by atoms with van der Waals surface area (Å²) < 4.78 is 317. The third-order valence-corrected chi connectivity index (χ3v) is 12.9. The Balaban J connectivity index is 1.25. The molecule has 3 heterocycles. The molecular weight excluding hydrogens is 853 g/mol. The van der Waals surface area contributed by atoms with E-state index in [1.54, 1.807) is 6.07 Å². The smallest absolute Gasteiger partial charge is 0.0972 e. The molecule has 0 spiro atoms. The topological polar surface area (TPSA) is 25.8 Å². The highest BCUT2D eigenvalue weighted by atomic mass is 32.1. The molecule has 0 atom stereocenters. The number of thiophene rings is 1. The lowest BCUT2D eigenvalue weighted by molar-refractivity contribution is 1.37. The zero-order chi connectivity index (χ0) is 75.0. The Kier molecular flexibility index (Phi) is 4.25. The van der Waals surface area contributed by atoms with Gasteiger partial charge in [0.25, 0.3) is 0 Å². The molecular formula is C66H40N2S. The van der Waals surface area contributed by atoms with E-state index in [1.807, 2.05) is 0 Å². The molecule has 14 rings (SSSR count). The molecule has 0 unspecified atom stereocenters. The molecule has 320 valence electrons. The van der Waals surface area contributed by atoms with Gasteiger partial charge in [0.05, 0.1) is 63.3 Å². The summed E-state index contributed by atoms with van der Waals surface area (Å²) in [6.07, 6.45) is -0.694. The SMILES string of the molecule is [2H]c1nc2c(c([2H])c1[2H])c([2H])c([2H])c1c([2H])c([2H])c(-c3ccc(-c4c([2H])c([2H])c(-c5c(-c6c([2H])c([2H])c([2H])c7c([2H])c([2H])c([2H])c([2H])c67)sc(-c6c([2H])c([2H])c([2H])c7c([2H])c([2H])c([2H])c([2H])c67)c5-c5c([2H])c([2H])c([2H])c6c([2H])c([2H])c([2H])c([2H])c56)c5c([2H])c([2H])c([2H])c([2H])c45)c4ccccc34)nc12. The van der Waals surface area contributed by atoms with Crippen LogP contribution >= 0.6 is 11.3 Å². The molecule has 0 radical (unpaired) electrons. The van der Waals surface area contributed by atoms with Crippen molar-refractivity contribution < 1.29 is 46.6 Å². The van der Waals surface area contributed by atoms with E-state index in [0.717, 1.165) is 0 Å². The second-order valence-corrected chi connectivity index (χ2v) is 16.4. The lowest BCUT2D eigenvalue weighted by Gasteiger charge is -2.18. The standard InChI is InChI=1S/C66H40N2S/c1-4-22-46-41(15-1)18-11-29-56(46)61-62(66(59-31-13-20-43-17-3-6-24-48(43)59)69-65(61)58-30-12-19-42-16-2-5-23-47(42)58)57-38-36-54(50-26-8-10-28-52(50)57)53-35-37-55(51-27-9-7-25-49(51)53)60-39-34-45-33-32-44-21-14-40-67-63(44)64(45)68-60/h1-40H/i1D,2D,3D,4D,5D,6D,8D,10D,11D,12D,13D,14D,15D,16D,17D,18D,19D,20D,21D,22D,23D,24D,26D,28D,29D,30D,31D,32D,33D,34D,36D,38D,39D,40D. The molecule has 0 N–H and O–H groups in total. The largest absolute Gasteiger partial charge is 0.254 e. The quantitative estimate of drug-likeness (QED) is 0.155. The first kappa shape index (κ1) is 18.4. The lowest BCUT2D eigenvalue weighted by atomic mass is 9.84. The molecule has 0 fully saturated rings. The van der Waals surface area contributed by atoms with Crippen LogP contribution in [-0.2, 0) is 0 Å². The Morgan fingerprint density at radius 1 is 0.304 bits per heavy atom. The van der Waals surface area contributed by atoms with Crippen LogP contribution in [0.4, 0.5) is 0 Å². The summed E-state index contributed by atoms with van der Waals surface area (Å²) in [4.78, 5) is 7.51. The highest BCUT2D eigenvalue weighted by Crippen LogP contribution is 2.56. The van der Waals surface area contributed by atoms with E-state index >= 15 is 0 Å². The number of pyridine rings is 2. The molecule has 14 aromatic rings. The van der Waals surface area contributed by atoms with Crippen LogP contribution in [0, 0.1) is 0 Å². The van der Waals surface area contributed by atoms with Crippen molar-refractivity contribution in [3.8, 4) is 65.5 Å². The Bertz CT molecular complexity index is 6400. The highest BCUT2D eigenvalue weighted by molar-refractivity contribution is 7.20. The molecule has 3 heteroatoms. The predicted molar refractivity (Wildman–Crippen MR) is 295 cm³/mol. The second-order valence-electron chi connectivity index (χ2n) is 15.3. The zero-order valence-electron chi connectivity index (χ0n) is 68.8. The van der Waals surface area contributed by atoms with Crippen molar-refractivity contribution in [2.45, 2.75) is 0 Å². The molecule has 2 nitrogen and oxygen atoms in total. The number of fused-ring (bicyclic) bond motifs is 8. The highest BCUT2D eigenvalue weighted by Gasteiger charge is 2.28. The van der Waals surface area contributed by atoms with Gasteiger partial charge in [-0.1, -0.05) is 224 Å². The van der Waals surface area contributed by atoms with Gasteiger partial charge in [0.1, 0.15) is 0 Å². The number of hydrogen-bond donors (Lipinski definition) is 0. The van der Waals surface area contributed by atoms with E-state index in [9.17, 15) is 31.5 Å². The fourth-order valence-electron chi connectivity index (χ4n) is 8.72. The summed E-state index contributed by atoms with van der Waals surface area (Å²) in [6, 6.07) is -22.0. The summed E-state index contributed by atoms with van der Waals surface area (Å²) in [6.45, 7) is 0. The molecule has 3 aromatic heterocycles. The van der Waals surface area contributed by atoms with Crippen molar-refractivity contribution in [2.24, 2.45) is 0 Å². The average molecular weight is 927 g/mol. The predicted octanol–water partition coefficient (Wildman–Crippen LogP) is 18.6. The maximum atomic E-state index is 10.7. The molecule has 0 bridgehead atoms. The minimum Gasteiger partial charge on any atom is -0.254 e. The number of hydrogen-bond acceptors (Lipinski definition) is 3. The third-order valence-electron chi connectivity index (χ3n) is 11.7. The van der Waals surface area contributed by atoms with E-state index in [4.69, 9.17) is 20.1 Å². The zero-order valence-corrected chi connectivity index (χ0v) is 35.6. The first-order valence-corrected chi connectivity index (χ1v) is 21.6. The van der Waals surface area contributed by atoms with Crippen molar-refractivity contribution in [3.63, 3.8) is 0 Å². The summed E-state index contributed by atoms with van der Waals surface area (Å²) >= 11 is 0.273. The summed E-state index contributed by atoms with van der Waals surface area (Å²) in [7, 11) is 0. The van der Waals surface area contributed by atoms with Crippen LogP contribution < -0.4 is 0 Å². The van der Waals surface area contributed by atoms with Gasteiger partial charge in [-0.25, -0.2) is 4.98 Å². The van der Waals surface area contributed by atoms with Crippen molar-refractivity contribution in [1.29, 1.82) is 0 Å². The summed E-state index contributed by atoms with van der Waals surface area (Å²) in [5.41, 5.74) is -6.25. The van der Waals surface area contributed by atoms with Gasteiger partial charge in [0.2, 0.25) is 0 Å². The van der Waals surface area contributed by atoms with E-state index < -0.39 is 297 Å². The fourth-order valence-corrected chi connectivity index (χ4v) is 10.0. The Hall–Kier alpha value is -8.76. The maximum Gasteiger partial charge on any atom is 0.0972 e. The van der Waals surface area contributed by atoms with Crippen LogP contribution in [0.3, 0.4) is 0 Å². The summed E-state index contributed by atoms with van der Waals surface area (Å²) in [5.74, 6) is 0. The van der Waals surface area contributed by atoms with Crippen molar-refractivity contribution in [3.05, 3.63) is 242 Å². The Morgan fingerprint density at radius 2 is 0.754 bits per heavy atom. The van der Waals surface area contributed by atoms with Crippen molar-refractivity contribution >= 4 is 87.0 Å². The summed E-state index contributed by atoms with van der Waals surface area (Å²) in [5, 5.41) is -6.24. The van der Waals surface area contributed by atoms with E-state index in [2.05, 4.69) is 4.98 Å². The Morgan fingerprint density at radius 3 is 1.39 bits per heavy atom. The van der Waals surface area contributed by atoms with Crippen LogP contribution in [0.25, 0.3) is 141 Å². The molecule has 11 aromatic carbocycles. The van der Waals surface area contributed by atoms with E-state index in [-0.39, 0.29) is 60.7 Å². The van der Waals surface area contributed by atoms with E-state index in [0.29, 0.717) is 0 Å². The van der Waals surface area contributed by atoms with Gasteiger partial charge >= 0.3 is 0 Å².